The molecule has 19 heavy (non-hydrogen) atoms. The van der Waals surface area contributed by atoms with Crippen molar-refractivity contribution >= 4 is 16.9 Å². The molecule has 0 aliphatic heterocycles. The van der Waals surface area contributed by atoms with Crippen LogP contribution >= 0.6 is 0 Å². The van der Waals surface area contributed by atoms with Crippen molar-refractivity contribution in [1.82, 2.24) is 0 Å². The highest BCUT2D eigenvalue weighted by molar-refractivity contribution is 5.84. The Labute approximate surface area is 113 Å². The number of fused-ring (bicyclic) bond motifs is 1. The van der Waals surface area contributed by atoms with Gasteiger partial charge in [-0.1, -0.05) is 32.0 Å². The molecule has 1 aromatic heterocycles. The minimum Gasteiger partial charge on any atom is -0.466 e. The zero-order valence-electron chi connectivity index (χ0n) is 11.7. The van der Waals surface area contributed by atoms with Crippen LogP contribution in [0.4, 0.5) is 0 Å². The van der Waals surface area contributed by atoms with Crippen LogP contribution in [0.3, 0.4) is 0 Å². The predicted molar refractivity (Wildman–Crippen MR) is 75.1 cm³/mol. The van der Waals surface area contributed by atoms with Crippen LogP contribution in [-0.4, -0.2) is 12.6 Å². The summed E-state index contributed by atoms with van der Waals surface area (Å²) in [5.41, 5.74) is 1.98. The molecule has 1 heterocycles. The molecule has 0 bridgehead atoms. The number of benzene rings is 1. The van der Waals surface area contributed by atoms with Crippen LogP contribution in [0.5, 0.6) is 0 Å². The number of ether oxygens (including phenoxy) is 1. The lowest BCUT2D eigenvalue weighted by Gasteiger charge is -2.06. The van der Waals surface area contributed by atoms with E-state index in [4.69, 9.17) is 9.15 Å². The molecule has 0 amide bonds. The number of furan rings is 1. The number of hydrogen-bond acceptors (Lipinski definition) is 3. The maximum atomic E-state index is 11.6. The maximum Gasteiger partial charge on any atom is 0.313 e. The molecule has 0 saturated heterocycles. The van der Waals surface area contributed by atoms with Crippen molar-refractivity contribution in [3.8, 4) is 0 Å². The molecule has 0 aliphatic rings. The van der Waals surface area contributed by atoms with Crippen molar-refractivity contribution in [3.63, 3.8) is 0 Å². The van der Waals surface area contributed by atoms with Gasteiger partial charge in [0.1, 0.15) is 17.8 Å². The predicted octanol–water partition coefficient (Wildman–Crippen LogP) is 3.74. The van der Waals surface area contributed by atoms with E-state index < -0.39 is 0 Å². The third-order valence-corrected chi connectivity index (χ3v) is 3.00. The van der Waals surface area contributed by atoms with Crippen LogP contribution in [0, 0.1) is 5.92 Å². The summed E-state index contributed by atoms with van der Waals surface area (Å²) >= 11 is 0. The largest absolute Gasteiger partial charge is 0.466 e. The monoisotopic (exact) mass is 260 g/mol. The third-order valence-electron chi connectivity index (χ3n) is 3.00. The highest BCUT2D eigenvalue weighted by atomic mass is 16.5. The van der Waals surface area contributed by atoms with Crippen LogP contribution in [0.2, 0.25) is 0 Å². The molecule has 102 valence electrons. The summed E-state index contributed by atoms with van der Waals surface area (Å²) < 4.78 is 10.8. The van der Waals surface area contributed by atoms with E-state index in [-0.39, 0.29) is 12.4 Å². The van der Waals surface area contributed by atoms with E-state index in [9.17, 15) is 4.79 Å². The first-order chi connectivity index (χ1) is 9.11. The normalized spacial score (nSPS) is 11.2. The summed E-state index contributed by atoms with van der Waals surface area (Å²) in [6.45, 7) is 6.54. The van der Waals surface area contributed by atoms with Crippen molar-refractivity contribution in [3.05, 3.63) is 35.6 Å². The Morgan fingerprint density at radius 2 is 2.05 bits per heavy atom. The molecule has 3 heteroatoms. The van der Waals surface area contributed by atoms with Crippen LogP contribution in [0.1, 0.15) is 32.1 Å². The molecule has 0 unspecified atom stereocenters. The SMILES string of the molecule is CCOC(=O)Cc1oc2ccccc2c1CC(C)C. The molecular formula is C16H20O3. The fourth-order valence-electron chi connectivity index (χ4n) is 2.27. The van der Waals surface area contributed by atoms with Gasteiger partial charge in [-0.2, -0.15) is 0 Å². The topological polar surface area (TPSA) is 39.4 Å². The first-order valence-electron chi connectivity index (χ1n) is 6.76. The van der Waals surface area contributed by atoms with Crippen LogP contribution in [-0.2, 0) is 22.4 Å². The Hall–Kier alpha value is -1.77. The van der Waals surface area contributed by atoms with Crippen molar-refractivity contribution < 1.29 is 13.9 Å². The van der Waals surface area contributed by atoms with Gasteiger partial charge in [-0.25, -0.2) is 0 Å². The molecule has 3 nitrogen and oxygen atoms in total. The summed E-state index contributed by atoms with van der Waals surface area (Å²) in [5.74, 6) is 1.03. The van der Waals surface area contributed by atoms with Crippen molar-refractivity contribution in [2.75, 3.05) is 6.61 Å². The van der Waals surface area contributed by atoms with E-state index >= 15 is 0 Å². The molecule has 0 saturated carbocycles. The molecule has 0 spiro atoms. The van der Waals surface area contributed by atoms with Crippen LogP contribution in [0.15, 0.2) is 28.7 Å². The van der Waals surface area contributed by atoms with Gasteiger partial charge in [0.2, 0.25) is 0 Å². The Kier molecular flexibility index (Phi) is 4.25. The average molecular weight is 260 g/mol. The van der Waals surface area contributed by atoms with Gasteiger partial charge >= 0.3 is 5.97 Å². The second kappa shape index (κ2) is 5.91. The number of para-hydroxylation sites is 1. The lowest BCUT2D eigenvalue weighted by atomic mass is 9.99. The van der Waals surface area contributed by atoms with Gasteiger partial charge in [0, 0.05) is 10.9 Å². The van der Waals surface area contributed by atoms with E-state index in [0.717, 1.165) is 28.7 Å². The lowest BCUT2D eigenvalue weighted by molar-refractivity contribution is -0.142. The fourth-order valence-corrected chi connectivity index (χ4v) is 2.27. The van der Waals surface area contributed by atoms with Crippen molar-refractivity contribution in [1.29, 1.82) is 0 Å². The van der Waals surface area contributed by atoms with Gasteiger partial charge in [0.05, 0.1) is 6.61 Å². The number of rotatable bonds is 5. The molecule has 2 aromatic rings. The second-order valence-corrected chi connectivity index (χ2v) is 5.08. The van der Waals surface area contributed by atoms with E-state index in [2.05, 4.69) is 13.8 Å². The van der Waals surface area contributed by atoms with Gasteiger partial charge in [-0.3, -0.25) is 4.79 Å². The molecule has 2 rings (SSSR count). The van der Waals surface area contributed by atoms with Gasteiger partial charge < -0.3 is 9.15 Å². The van der Waals surface area contributed by atoms with Crippen LogP contribution in [0.25, 0.3) is 11.0 Å². The molecule has 0 atom stereocenters. The molecule has 1 aromatic carbocycles. The summed E-state index contributed by atoms with van der Waals surface area (Å²) in [5, 5.41) is 1.11. The second-order valence-electron chi connectivity index (χ2n) is 5.08. The summed E-state index contributed by atoms with van der Waals surface area (Å²) in [6, 6.07) is 7.92. The zero-order valence-corrected chi connectivity index (χ0v) is 11.7. The van der Waals surface area contributed by atoms with Gasteiger partial charge in [0.15, 0.2) is 0 Å². The van der Waals surface area contributed by atoms with Crippen molar-refractivity contribution in [2.45, 2.75) is 33.6 Å². The number of carbonyl (C=O) groups is 1. The van der Waals surface area contributed by atoms with E-state index in [1.807, 2.05) is 31.2 Å². The number of carbonyl (C=O) groups excluding carboxylic acids is 1. The molecular weight excluding hydrogens is 240 g/mol. The van der Waals surface area contributed by atoms with Crippen molar-refractivity contribution in [2.24, 2.45) is 5.92 Å². The highest BCUT2D eigenvalue weighted by Crippen LogP contribution is 2.28. The van der Waals surface area contributed by atoms with E-state index in [1.54, 1.807) is 0 Å². The molecule has 0 fully saturated rings. The standard InChI is InChI=1S/C16H20O3/c1-4-18-16(17)10-15-13(9-11(2)3)12-7-5-6-8-14(12)19-15/h5-8,11H,4,9-10H2,1-3H3. The quantitative estimate of drug-likeness (QED) is 0.769. The summed E-state index contributed by atoms with van der Waals surface area (Å²) in [4.78, 5) is 11.6. The van der Waals surface area contributed by atoms with E-state index in [1.165, 1.54) is 0 Å². The fraction of sp³-hybridized carbons (Fsp3) is 0.438. The first-order valence-corrected chi connectivity index (χ1v) is 6.76. The Balaban J connectivity index is 2.37. The molecule has 0 aliphatic carbocycles. The van der Waals surface area contributed by atoms with Gasteiger partial charge in [0.25, 0.3) is 0 Å². The Morgan fingerprint density at radius 1 is 1.32 bits per heavy atom. The lowest BCUT2D eigenvalue weighted by Crippen LogP contribution is -2.09. The minimum atomic E-state index is -0.230. The highest BCUT2D eigenvalue weighted by Gasteiger charge is 2.18. The minimum absolute atomic E-state index is 0.213. The van der Waals surface area contributed by atoms with Crippen LogP contribution < -0.4 is 0 Å². The smallest absolute Gasteiger partial charge is 0.313 e. The Bertz CT molecular complexity index is 566. The summed E-state index contributed by atoms with van der Waals surface area (Å²) in [6.07, 6.45) is 1.12. The number of esters is 1. The number of hydrogen-bond donors (Lipinski definition) is 0. The van der Waals surface area contributed by atoms with E-state index in [0.29, 0.717) is 12.5 Å². The Morgan fingerprint density at radius 3 is 2.74 bits per heavy atom. The zero-order chi connectivity index (χ0) is 13.8. The van der Waals surface area contributed by atoms with Gasteiger partial charge in [-0.15, -0.1) is 0 Å². The molecule has 0 N–H and O–H groups in total. The third kappa shape index (κ3) is 3.16. The average Bonchev–Trinajstić information content (AvgIpc) is 2.67. The maximum absolute atomic E-state index is 11.6. The van der Waals surface area contributed by atoms with Gasteiger partial charge in [-0.05, 0) is 25.3 Å². The first kappa shape index (κ1) is 13.7. The molecule has 0 radical (unpaired) electrons. The summed E-state index contributed by atoms with van der Waals surface area (Å²) in [7, 11) is 0.